The minimum Gasteiger partial charge on any atom is -0.372 e. The predicted octanol–water partition coefficient (Wildman–Crippen LogP) is 4.17. The van der Waals surface area contributed by atoms with Crippen molar-refractivity contribution in [2.75, 3.05) is 0 Å². The molecular formula is C16H31NO. The van der Waals surface area contributed by atoms with Crippen LogP contribution in [0.15, 0.2) is 0 Å². The van der Waals surface area contributed by atoms with E-state index in [9.17, 15) is 0 Å². The highest BCUT2D eigenvalue weighted by Gasteiger charge is 2.43. The van der Waals surface area contributed by atoms with E-state index in [1.54, 1.807) is 0 Å². The molecule has 2 nitrogen and oxygen atoms in total. The van der Waals surface area contributed by atoms with Crippen molar-refractivity contribution in [2.45, 2.75) is 102 Å². The van der Waals surface area contributed by atoms with E-state index in [2.05, 4.69) is 13.8 Å². The molecule has 0 radical (unpaired) electrons. The van der Waals surface area contributed by atoms with Crippen LogP contribution in [0, 0.1) is 0 Å². The van der Waals surface area contributed by atoms with Gasteiger partial charge in [-0.1, -0.05) is 39.5 Å². The van der Waals surface area contributed by atoms with Crippen LogP contribution in [-0.4, -0.2) is 17.2 Å². The topological polar surface area (TPSA) is 35.2 Å². The normalized spacial score (nSPS) is 29.8. The monoisotopic (exact) mass is 253 g/mol. The Bertz CT molecular complexity index is 260. The molecule has 2 atom stereocenters. The van der Waals surface area contributed by atoms with Crippen molar-refractivity contribution >= 4 is 0 Å². The summed E-state index contributed by atoms with van der Waals surface area (Å²) in [6, 6.07) is 0. The molecule has 0 aromatic heterocycles. The summed E-state index contributed by atoms with van der Waals surface area (Å²) in [4.78, 5) is 0. The van der Waals surface area contributed by atoms with Crippen molar-refractivity contribution in [3.8, 4) is 0 Å². The molecule has 0 amide bonds. The van der Waals surface area contributed by atoms with Crippen LogP contribution in [0.3, 0.4) is 0 Å². The number of nitrogens with two attached hydrogens (primary N) is 1. The molecular weight excluding hydrogens is 222 g/mol. The molecule has 2 heteroatoms. The Labute approximate surface area is 113 Å². The second kappa shape index (κ2) is 5.92. The first-order valence-corrected chi connectivity index (χ1v) is 8.08. The van der Waals surface area contributed by atoms with Gasteiger partial charge in [-0.3, -0.25) is 0 Å². The average molecular weight is 253 g/mol. The van der Waals surface area contributed by atoms with Crippen molar-refractivity contribution < 1.29 is 4.74 Å². The fourth-order valence-electron chi connectivity index (χ4n) is 3.83. The SMILES string of the molecule is CCCCC(N)(CC)CC1CCC2(CCCC2)O1. The van der Waals surface area contributed by atoms with E-state index >= 15 is 0 Å². The van der Waals surface area contributed by atoms with Crippen LogP contribution in [0.2, 0.25) is 0 Å². The number of hydrogen-bond acceptors (Lipinski definition) is 2. The van der Waals surface area contributed by atoms with Crippen molar-refractivity contribution in [1.82, 2.24) is 0 Å². The van der Waals surface area contributed by atoms with Gasteiger partial charge in [0.15, 0.2) is 0 Å². The zero-order valence-electron chi connectivity index (χ0n) is 12.3. The molecule has 0 aromatic rings. The van der Waals surface area contributed by atoms with E-state index in [1.165, 1.54) is 51.4 Å². The van der Waals surface area contributed by atoms with Gasteiger partial charge in [0.05, 0.1) is 11.7 Å². The third kappa shape index (κ3) is 3.27. The predicted molar refractivity (Wildman–Crippen MR) is 76.7 cm³/mol. The first-order valence-electron chi connectivity index (χ1n) is 8.08. The number of ether oxygens (including phenoxy) is 1. The molecule has 1 saturated heterocycles. The highest BCUT2D eigenvalue weighted by atomic mass is 16.5. The minimum atomic E-state index is 0.0187. The zero-order valence-corrected chi connectivity index (χ0v) is 12.3. The lowest BCUT2D eigenvalue weighted by atomic mass is 9.84. The Balaban J connectivity index is 1.85. The molecule has 0 aromatic carbocycles. The van der Waals surface area contributed by atoms with Crippen LogP contribution >= 0.6 is 0 Å². The molecule has 2 N–H and O–H groups in total. The summed E-state index contributed by atoms with van der Waals surface area (Å²) in [5.74, 6) is 0. The number of unbranched alkanes of at least 4 members (excludes halogenated alkanes) is 1. The van der Waals surface area contributed by atoms with E-state index in [4.69, 9.17) is 10.5 Å². The van der Waals surface area contributed by atoms with E-state index in [0.717, 1.165) is 19.3 Å². The lowest BCUT2D eigenvalue weighted by Crippen LogP contribution is -2.42. The molecule has 2 rings (SSSR count). The first-order chi connectivity index (χ1) is 8.61. The second-order valence-corrected chi connectivity index (χ2v) is 6.69. The summed E-state index contributed by atoms with van der Waals surface area (Å²) in [7, 11) is 0. The van der Waals surface area contributed by atoms with Crippen molar-refractivity contribution in [1.29, 1.82) is 0 Å². The van der Waals surface area contributed by atoms with Gasteiger partial charge in [0.25, 0.3) is 0 Å². The van der Waals surface area contributed by atoms with Gasteiger partial charge in [0, 0.05) is 5.54 Å². The molecule has 0 bridgehead atoms. The zero-order chi connectivity index (χ0) is 13.1. The largest absolute Gasteiger partial charge is 0.372 e. The number of rotatable bonds is 6. The van der Waals surface area contributed by atoms with E-state index < -0.39 is 0 Å². The van der Waals surface area contributed by atoms with Gasteiger partial charge < -0.3 is 10.5 Å². The van der Waals surface area contributed by atoms with Crippen LogP contribution in [0.5, 0.6) is 0 Å². The Morgan fingerprint density at radius 3 is 2.56 bits per heavy atom. The van der Waals surface area contributed by atoms with Gasteiger partial charge in [-0.15, -0.1) is 0 Å². The van der Waals surface area contributed by atoms with Gasteiger partial charge in [-0.25, -0.2) is 0 Å². The minimum absolute atomic E-state index is 0.0187. The van der Waals surface area contributed by atoms with Crippen molar-refractivity contribution in [2.24, 2.45) is 5.73 Å². The molecule has 2 aliphatic rings. The number of hydrogen-bond donors (Lipinski definition) is 1. The summed E-state index contributed by atoms with van der Waals surface area (Å²) < 4.78 is 6.41. The van der Waals surface area contributed by atoms with Crippen LogP contribution in [0.1, 0.15) is 84.5 Å². The standard InChI is InChI=1S/C16H31NO/c1-3-5-9-15(17,4-2)13-14-8-12-16(18-14)10-6-7-11-16/h14H,3-13,17H2,1-2H3. The van der Waals surface area contributed by atoms with Crippen molar-refractivity contribution in [3.05, 3.63) is 0 Å². The first kappa shape index (κ1) is 14.3. The highest BCUT2D eigenvalue weighted by Crippen LogP contribution is 2.45. The van der Waals surface area contributed by atoms with Gasteiger partial charge in [0.2, 0.25) is 0 Å². The molecule has 18 heavy (non-hydrogen) atoms. The van der Waals surface area contributed by atoms with Crippen LogP contribution in [0.4, 0.5) is 0 Å². The molecule has 1 aliphatic heterocycles. The average Bonchev–Trinajstić information content (AvgIpc) is 2.98. The van der Waals surface area contributed by atoms with Crippen molar-refractivity contribution in [3.63, 3.8) is 0 Å². The molecule has 1 spiro atoms. The molecule has 2 unspecified atom stereocenters. The lowest BCUT2D eigenvalue weighted by Gasteiger charge is -2.32. The summed E-state index contributed by atoms with van der Waals surface area (Å²) >= 11 is 0. The summed E-state index contributed by atoms with van der Waals surface area (Å²) in [5.41, 5.74) is 6.86. The van der Waals surface area contributed by atoms with Crippen LogP contribution in [0.25, 0.3) is 0 Å². The quantitative estimate of drug-likeness (QED) is 0.771. The van der Waals surface area contributed by atoms with Gasteiger partial charge in [-0.05, 0) is 44.9 Å². The second-order valence-electron chi connectivity index (χ2n) is 6.69. The maximum Gasteiger partial charge on any atom is 0.0687 e. The summed E-state index contributed by atoms with van der Waals surface area (Å²) in [6.45, 7) is 4.48. The van der Waals surface area contributed by atoms with E-state index in [0.29, 0.717) is 6.10 Å². The van der Waals surface area contributed by atoms with E-state index in [-0.39, 0.29) is 11.1 Å². The Morgan fingerprint density at radius 2 is 1.94 bits per heavy atom. The van der Waals surface area contributed by atoms with Gasteiger partial charge in [0.1, 0.15) is 0 Å². The third-order valence-electron chi connectivity index (χ3n) is 5.22. The van der Waals surface area contributed by atoms with Gasteiger partial charge in [-0.2, -0.15) is 0 Å². The molecule has 1 aliphatic carbocycles. The molecule has 1 heterocycles. The van der Waals surface area contributed by atoms with Gasteiger partial charge >= 0.3 is 0 Å². The third-order valence-corrected chi connectivity index (χ3v) is 5.22. The highest BCUT2D eigenvalue weighted by molar-refractivity contribution is 4.96. The fraction of sp³-hybridized carbons (Fsp3) is 1.00. The van der Waals surface area contributed by atoms with Crippen LogP contribution < -0.4 is 5.73 Å². The van der Waals surface area contributed by atoms with E-state index in [1.807, 2.05) is 0 Å². The fourth-order valence-corrected chi connectivity index (χ4v) is 3.83. The molecule has 1 saturated carbocycles. The molecule has 2 fully saturated rings. The Kier molecular flexibility index (Phi) is 4.71. The smallest absolute Gasteiger partial charge is 0.0687 e. The maximum atomic E-state index is 6.57. The summed E-state index contributed by atoms with van der Waals surface area (Å²) in [6.07, 6.45) is 14.1. The summed E-state index contributed by atoms with van der Waals surface area (Å²) in [5, 5.41) is 0. The Hall–Kier alpha value is -0.0800. The molecule has 106 valence electrons. The van der Waals surface area contributed by atoms with Crippen LogP contribution in [-0.2, 0) is 4.74 Å². The Morgan fingerprint density at radius 1 is 1.22 bits per heavy atom. The lowest BCUT2D eigenvalue weighted by molar-refractivity contribution is -0.0469. The maximum absolute atomic E-state index is 6.57.